The lowest BCUT2D eigenvalue weighted by Crippen LogP contribution is -2.44. The molecular weight excluding hydrogens is 422 g/mol. The average molecular weight is 452 g/mol. The highest BCUT2D eigenvalue weighted by atomic mass is 16.5. The van der Waals surface area contributed by atoms with Crippen LogP contribution in [0.5, 0.6) is 5.75 Å². The number of ether oxygens (including phenoxy) is 1. The Kier molecular flexibility index (Phi) is 6.54. The summed E-state index contributed by atoms with van der Waals surface area (Å²) >= 11 is 0. The lowest BCUT2D eigenvalue weighted by Gasteiger charge is -2.26. The number of nitrogens with zero attached hydrogens (tertiary/aromatic N) is 2. The number of primary amides is 1. The van der Waals surface area contributed by atoms with Crippen LogP contribution in [0.1, 0.15) is 55.1 Å². The van der Waals surface area contributed by atoms with E-state index in [4.69, 9.17) is 10.5 Å². The Bertz CT molecular complexity index is 1110. The van der Waals surface area contributed by atoms with Crippen molar-refractivity contribution in [1.82, 2.24) is 15.2 Å². The zero-order chi connectivity index (χ0) is 23.5. The molecule has 0 unspecified atom stereocenters. The third-order valence-corrected chi connectivity index (χ3v) is 6.58. The minimum Gasteiger partial charge on any atom is -0.496 e. The third-order valence-electron chi connectivity index (χ3n) is 6.58. The van der Waals surface area contributed by atoms with E-state index in [0.717, 1.165) is 19.3 Å². The normalized spacial score (nSPS) is 19.9. The summed E-state index contributed by atoms with van der Waals surface area (Å²) in [5.74, 6) is -0.426. The number of carbonyl (C=O) groups excluding carboxylic acids is 3. The highest BCUT2D eigenvalue weighted by Crippen LogP contribution is 2.40. The maximum atomic E-state index is 13.5. The molecule has 1 aliphatic carbocycles. The van der Waals surface area contributed by atoms with Crippen molar-refractivity contribution in [1.29, 1.82) is 5.26 Å². The fraction of sp³-hybridized carbons (Fsp3) is 0.500. The van der Waals surface area contributed by atoms with Crippen LogP contribution >= 0.6 is 0 Å². The minimum absolute atomic E-state index is 0.0789. The van der Waals surface area contributed by atoms with Gasteiger partial charge in [0, 0.05) is 17.8 Å². The Morgan fingerprint density at radius 3 is 2.76 bits per heavy atom. The number of piperidine rings is 1. The number of methoxy groups -OCH3 is 1. The highest BCUT2D eigenvalue weighted by molar-refractivity contribution is 6.01. The lowest BCUT2D eigenvalue weighted by molar-refractivity contribution is -0.128. The molecular formula is C24H29N5O4. The number of benzene rings is 1. The zero-order valence-electron chi connectivity index (χ0n) is 18.7. The molecule has 1 aromatic heterocycles. The number of hydrogen-bond acceptors (Lipinski definition) is 5. The second kappa shape index (κ2) is 9.53. The van der Waals surface area contributed by atoms with Gasteiger partial charge in [-0.1, -0.05) is 18.9 Å². The largest absolute Gasteiger partial charge is 0.496 e. The van der Waals surface area contributed by atoms with Gasteiger partial charge in [0.05, 0.1) is 18.7 Å². The Labute approximate surface area is 192 Å². The van der Waals surface area contributed by atoms with Crippen molar-refractivity contribution >= 4 is 28.6 Å². The number of rotatable bonds is 9. The maximum Gasteiger partial charge on any atom is 0.265 e. The van der Waals surface area contributed by atoms with Crippen LogP contribution in [0.25, 0.3) is 10.9 Å². The van der Waals surface area contributed by atoms with E-state index in [2.05, 4.69) is 16.7 Å². The molecule has 9 nitrogen and oxygen atoms in total. The molecule has 174 valence electrons. The quantitative estimate of drug-likeness (QED) is 0.535. The molecule has 4 rings (SSSR count). The van der Waals surface area contributed by atoms with Gasteiger partial charge in [-0.15, -0.1) is 0 Å². The monoisotopic (exact) mass is 451 g/mol. The molecule has 1 saturated carbocycles. The van der Waals surface area contributed by atoms with Gasteiger partial charge in [-0.3, -0.25) is 14.4 Å². The Morgan fingerprint density at radius 2 is 2.12 bits per heavy atom. The van der Waals surface area contributed by atoms with Crippen LogP contribution in [-0.4, -0.2) is 42.0 Å². The fourth-order valence-corrected chi connectivity index (χ4v) is 4.68. The molecule has 2 heterocycles. The molecule has 2 aliphatic rings. The summed E-state index contributed by atoms with van der Waals surface area (Å²) in [4.78, 5) is 38.0. The second-order valence-electron chi connectivity index (χ2n) is 8.91. The molecule has 1 saturated heterocycles. The maximum absolute atomic E-state index is 13.5. The standard InChI is InChI=1S/C24H29N5O4/c1-33-21-6-2-5-18-17(21)12-19(22(26)30)29(18)20(10-14-7-8-14)24(32)28-16(13-25)11-15-4-3-9-27-23(15)31/h2,5-6,12,14-16,20H,3-4,7-11H2,1H3,(H2,26,30)(H,27,31)(H,28,32)/t15-,16-,20+/m0/s1. The summed E-state index contributed by atoms with van der Waals surface area (Å²) < 4.78 is 7.12. The van der Waals surface area contributed by atoms with E-state index >= 15 is 0 Å². The Balaban J connectivity index is 1.65. The first kappa shape index (κ1) is 22.6. The second-order valence-corrected chi connectivity index (χ2v) is 8.91. The molecule has 0 radical (unpaired) electrons. The van der Waals surface area contributed by atoms with E-state index in [1.165, 1.54) is 0 Å². The number of hydrogen-bond donors (Lipinski definition) is 3. The molecule has 2 fully saturated rings. The number of fused-ring (bicyclic) bond motifs is 1. The summed E-state index contributed by atoms with van der Waals surface area (Å²) in [6.07, 6.45) is 4.37. The number of nitrogens with one attached hydrogen (secondary N) is 2. The van der Waals surface area contributed by atoms with Crippen molar-refractivity contribution in [2.75, 3.05) is 13.7 Å². The van der Waals surface area contributed by atoms with Gasteiger partial charge in [0.1, 0.15) is 23.5 Å². The van der Waals surface area contributed by atoms with Crippen LogP contribution in [0.3, 0.4) is 0 Å². The SMILES string of the molecule is COc1cccc2c1cc(C(N)=O)n2[C@H](CC1CC1)C(=O)N[C@H](C#N)C[C@@H]1CCCNC1=O. The predicted octanol–water partition coefficient (Wildman–Crippen LogP) is 2.01. The minimum atomic E-state index is -0.804. The van der Waals surface area contributed by atoms with Gasteiger partial charge in [-0.2, -0.15) is 5.26 Å². The van der Waals surface area contributed by atoms with Crippen molar-refractivity contribution in [3.8, 4) is 11.8 Å². The highest BCUT2D eigenvalue weighted by Gasteiger charge is 2.35. The third kappa shape index (κ3) is 4.80. The van der Waals surface area contributed by atoms with Crippen molar-refractivity contribution in [2.24, 2.45) is 17.6 Å². The number of nitriles is 1. The van der Waals surface area contributed by atoms with Crippen LogP contribution in [-0.2, 0) is 9.59 Å². The van der Waals surface area contributed by atoms with E-state index in [0.29, 0.717) is 42.0 Å². The lowest BCUT2D eigenvalue weighted by atomic mass is 9.92. The zero-order valence-corrected chi connectivity index (χ0v) is 18.7. The van der Waals surface area contributed by atoms with Crippen LogP contribution in [0.15, 0.2) is 24.3 Å². The van der Waals surface area contributed by atoms with E-state index in [1.807, 2.05) is 6.07 Å². The molecule has 9 heteroatoms. The van der Waals surface area contributed by atoms with E-state index in [-0.39, 0.29) is 29.8 Å². The van der Waals surface area contributed by atoms with E-state index < -0.39 is 18.0 Å². The summed E-state index contributed by atoms with van der Waals surface area (Å²) in [7, 11) is 1.55. The molecule has 1 aromatic carbocycles. The van der Waals surface area contributed by atoms with Crippen LogP contribution < -0.4 is 21.1 Å². The molecule has 2 aromatic rings. The molecule has 4 N–H and O–H groups in total. The first-order valence-electron chi connectivity index (χ1n) is 11.4. The van der Waals surface area contributed by atoms with Gasteiger partial charge in [0.2, 0.25) is 11.8 Å². The number of amides is 3. The molecule has 3 amide bonds. The van der Waals surface area contributed by atoms with Gasteiger partial charge < -0.3 is 25.7 Å². The number of carbonyl (C=O) groups is 3. The topological polar surface area (TPSA) is 139 Å². The van der Waals surface area contributed by atoms with Crippen molar-refractivity contribution in [3.63, 3.8) is 0 Å². The van der Waals surface area contributed by atoms with Crippen LogP contribution in [0.2, 0.25) is 0 Å². The smallest absolute Gasteiger partial charge is 0.265 e. The van der Waals surface area contributed by atoms with Crippen LogP contribution in [0, 0.1) is 23.2 Å². The predicted molar refractivity (Wildman–Crippen MR) is 121 cm³/mol. The summed E-state index contributed by atoms with van der Waals surface area (Å²) in [5, 5.41) is 16.0. The van der Waals surface area contributed by atoms with Gasteiger partial charge in [-0.05, 0) is 49.8 Å². The van der Waals surface area contributed by atoms with Gasteiger partial charge in [-0.25, -0.2) is 0 Å². The van der Waals surface area contributed by atoms with Gasteiger partial charge in [0.25, 0.3) is 5.91 Å². The molecule has 0 bridgehead atoms. The van der Waals surface area contributed by atoms with Gasteiger partial charge in [0.15, 0.2) is 0 Å². The number of nitrogens with two attached hydrogens (primary N) is 1. The number of aromatic nitrogens is 1. The fourth-order valence-electron chi connectivity index (χ4n) is 4.68. The van der Waals surface area contributed by atoms with Gasteiger partial charge >= 0.3 is 0 Å². The summed E-state index contributed by atoms with van der Waals surface area (Å²) in [6, 6.07) is 7.68. The molecule has 1 aliphatic heterocycles. The first-order chi connectivity index (χ1) is 15.9. The summed E-state index contributed by atoms with van der Waals surface area (Å²) in [5.41, 5.74) is 6.58. The average Bonchev–Trinajstić information content (AvgIpc) is 3.55. The van der Waals surface area contributed by atoms with Crippen molar-refractivity contribution in [2.45, 2.75) is 50.6 Å². The molecule has 33 heavy (non-hydrogen) atoms. The first-order valence-corrected chi connectivity index (χ1v) is 11.4. The Hall–Kier alpha value is -3.54. The Morgan fingerprint density at radius 1 is 1.33 bits per heavy atom. The molecule has 3 atom stereocenters. The van der Waals surface area contributed by atoms with E-state index in [1.54, 1.807) is 29.9 Å². The molecule has 0 spiro atoms. The van der Waals surface area contributed by atoms with E-state index in [9.17, 15) is 19.6 Å². The summed E-state index contributed by atoms with van der Waals surface area (Å²) in [6.45, 7) is 0.641. The van der Waals surface area contributed by atoms with Crippen molar-refractivity contribution < 1.29 is 19.1 Å². The van der Waals surface area contributed by atoms with Crippen molar-refractivity contribution in [3.05, 3.63) is 30.0 Å². The van der Waals surface area contributed by atoms with Crippen LogP contribution in [0.4, 0.5) is 0 Å².